The van der Waals surface area contributed by atoms with Crippen molar-refractivity contribution in [3.05, 3.63) is 22.5 Å². The maximum atomic E-state index is 8.58. The summed E-state index contributed by atoms with van der Waals surface area (Å²) < 4.78 is 9.14. The fourth-order valence-corrected chi connectivity index (χ4v) is 2.35. The van der Waals surface area contributed by atoms with Gasteiger partial charge in [0.25, 0.3) is 0 Å². The molecule has 6 N–H and O–H groups in total. The number of nitrogens with two attached hydrogens (primary N) is 2. The van der Waals surface area contributed by atoms with Crippen molar-refractivity contribution in [1.82, 2.24) is 0 Å². The minimum absolute atomic E-state index is 0.102. The Morgan fingerprint density at radius 1 is 1.17 bits per heavy atom. The highest BCUT2D eigenvalue weighted by Gasteiger charge is 2.20. The molecule has 0 aromatic rings. The maximum absolute atomic E-state index is 8.58. The Balaban J connectivity index is 0. The molecule has 0 radical (unpaired) electrons. The number of allylic oxidation sites excluding steroid dienone is 3. The van der Waals surface area contributed by atoms with Gasteiger partial charge in [0.15, 0.2) is 0 Å². The number of halogens is 2. The van der Waals surface area contributed by atoms with Crippen LogP contribution in [0.2, 0.25) is 0 Å². The zero-order valence-corrected chi connectivity index (χ0v) is 16.6. The normalized spacial score (nSPS) is 26.4. The van der Waals surface area contributed by atoms with E-state index >= 15 is 0 Å². The molecule has 1 heterocycles. The number of hydrogen-bond donors (Lipinski definition) is 4. The molecular weight excluding hydrogens is 388 g/mol. The maximum Gasteiger partial charge on any atom is 0.206 e. The Labute approximate surface area is 152 Å². The van der Waals surface area contributed by atoms with Gasteiger partial charge in [-0.1, -0.05) is 61.6 Å². The molecule has 0 bridgehead atoms. The summed E-state index contributed by atoms with van der Waals surface area (Å²) in [4.78, 5) is 0.102. The van der Waals surface area contributed by atoms with E-state index < -0.39 is 12.6 Å². The molecule has 3 unspecified atom stereocenters. The molecule has 8 heteroatoms. The lowest BCUT2D eigenvalue weighted by Gasteiger charge is -2.23. The lowest BCUT2D eigenvalue weighted by molar-refractivity contribution is -0.291. The van der Waals surface area contributed by atoms with Crippen molar-refractivity contribution in [2.45, 2.75) is 57.9 Å². The molecule has 1 aliphatic carbocycles. The molecule has 23 heavy (non-hydrogen) atoms. The van der Waals surface area contributed by atoms with Crippen molar-refractivity contribution in [2.75, 3.05) is 13.2 Å². The third-order valence-electron chi connectivity index (χ3n) is 2.26. The van der Waals surface area contributed by atoms with Crippen LogP contribution in [0.4, 0.5) is 0 Å². The highest BCUT2D eigenvalue weighted by molar-refractivity contribution is 9.09. The van der Waals surface area contributed by atoms with Gasteiger partial charge in [-0.15, -0.1) is 0 Å². The van der Waals surface area contributed by atoms with E-state index in [1.807, 2.05) is 13.8 Å². The average Bonchev–Trinajstić information content (AvgIpc) is 2.51. The zero-order valence-electron chi connectivity index (χ0n) is 14.3. The Kier molecular flexibility index (Phi) is 16.5. The molecule has 0 aromatic heterocycles. The van der Waals surface area contributed by atoms with Crippen LogP contribution in [0.1, 0.15) is 40.5 Å². The molecule has 3 atom stereocenters. The van der Waals surface area contributed by atoms with Gasteiger partial charge in [-0.05, 0) is 6.08 Å². The molecule has 138 valence electrons. The van der Waals surface area contributed by atoms with E-state index in [0.29, 0.717) is 24.6 Å². The SMILES string of the molecule is CC.CCC.NC1=C(N)C(Br)CC(Cl)=C1.OC1OCCOC1O. The second kappa shape index (κ2) is 15.2. The van der Waals surface area contributed by atoms with Crippen LogP contribution < -0.4 is 11.5 Å². The Morgan fingerprint density at radius 3 is 1.87 bits per heavy atom. The quantitative estimate of drug-likeness (QED) is 0.451. The van der Waals surface area contributed by atoms with Crippen LogP contribution in [-0.4, -0.2) is 40.8 Å². The summed E-state index contributed by atoms with van der Waals surface area (Å²) in [6.45, 7) is 8.94. The van der Waals surface area contributed by atoms with E-state index in [-0.39, 0.29) is 4.83 Å². The summed E-state index contributed by atoms with van der Waals surface area (Å²) in [5.41, 5.74) is 12.3. The van der Waals surface area contributed by atoms with Crippen LogP contribution in [0.5, 0.6) is 0 Å². The van der Waals surface area contributed by atoms with E-state index in [1.54, 1.807) is 6.08 Å². The van der Waals surface area contributed by atoms with Gasteiger partial charge in [-0.2, -0.15) is 0 Å². The predicted octanol–water partition coefficient (Wildman–Crippen LogP) is 2.52. The summed E-state index contributed by atoms with van der Waals surface area (Å²) in [7, 11) is 0. The molecular formula is C15H30BrClN2O4. The monoisotopic (exact) mass is 416 g/mol. The highest BCUT2D eigenvalue weighted by Crippen LogP contribution is 2.26. The number of ether oxygens (including phenoxy) is 2. The van der Waals surface area contributed by atoms with Crippen LogP contribution in [0.3, 0.4) is 0 Å². The van der Waals surface area contributed by atoms with Crippen LogP contribution in [0, 0.1) is 0 Å². The van der Waals surface area contributed by atoms with Gasteiger partial charge >= 0.3 is 0 Å². The molecule has 0 saturated carbocycles. The molecule has 2 aliphatic rings. The molecule has 1 saturated heterocycles. The van der Waals surface area contributed by atoms with Crippen molar-refractivity contribution in [1.29, 1.82) is 0 Å². The molecule has 0 amide bonds. The summed E-state index contributed by atoms with van der Waals surface area (Å²) in [6, 6.07) is 0. The van der Waals surface area contributed by atoms with Crippen molar-refractivity contribution >= 4 is 27.5 Å². The molecule has 2 rings (SSSR count). The first-order valence-electron chi connectivity index (χ1n) is 7.68. The molecule has 1 fully saturated rings. The highest BCUT2D eigenvalue weighted by atomic mass is 79.9. The first kappa shape index (κ1) is 24.9. The van der Waals surface area contributed by atoms with Gasteiger partial charge in [0.05, 0.1) is 23.7 Å². The van der Waals surface area contributed by atoms with Gasteiger partial charge in [0.2, 0.25) is 12.6 Å². The average molecular weight is 418 g/mol. The Hall–Kier alpha value is -0.310. The molecule has 6 nitrogen and oxygen atoms in total. The fourth-order valence-electron chi connectivity index (χ4n) is 1.28. The molecule has 0 spiro atoms. The minimum Gasteiger partial charge on any atom is -0.399 e. The van der Waals surface area contributed by atoms with Crippen molar-refractivity contribution in [3.63, 3.8) is 0 Å². The van der Waals surface area contributed by atoms with Crippen LogP contribution in [0.25, 0.3) is 0 Å². The van der Waals surface area contributed by atoms with E-state index in [2.05, 4.69) is 39.3 Å². The van der Waals surface area contributed by atoms with Crippen molar-refractivity contribution in [2.24, 2.45) is 11.5 Å². The van der Waals surface area contributed by atoms with Gasteiger partial charge in [0, 0.05) is 17.2 Å². The number of aliphatic hydroxyl groups is 2. The summed E-state index contributed by atoms with van der Waals surface area (Å²) in [6.07, 6.45) is 1.34. The third kappa shape index (κ3) is 11.8. The van der Waals surface area contributed by atoms with Gasteiger partial charge < -0.3 is 31.2 Å². The lowest BCUT2D eigenvalue weighted by Crippen LogP contribution is -2.37. The molecule has 1 aliphatic heterocycles. The smallest absolute Gasteiger partial charge is 0.206 e. The van der Waals surface area contributed by atoms with E-state index in [1.165, 1.54) is 6.42 Å². The summed E-state index contributed by atoms with van der Waals surface area (Å²) in [5.74, 6) is 0. The number of aliphatic hydroxyl groups excluding tert-OH is 2. The lowest BCUT2D eigenvalue weighted by atomic mass is 10.1. The predicted molar refractivity (Wildman–Crippen MR) is 97.9 cm³/mol. The Bertz CT molecular complexity index is 357. The standard InChI is InChI=1S/C6H8BrClN2.C4H8O4.C3H8.C2H6/c7-4-1-3(8)2-5(9)6(4)10;5-3-4(6)8-2-1-7-3;1-3-2;1-2/h2,4H,1,9-10H2;3-6H,1-2H2;3H2,1-2H3;1-2H3. The Morgan fingerprint density at radius 2 is 1.57 bits per heavy atom. The van der Waals surface area contributed by atoms with Gasteiger partial charge in [-0.25, -0.2) is 0 Å². The van der Waals surface area contributed by atoms with Gasteiger partial charge in [0.1, 0.15) is 0 Å². The first-order chi connectivity index (χ1) is 10.8. The van der Waals surface area contributed by atoms with Crippen LogP contribution >= 0.6 is 27.5 Å². The van der Waals surface area contributed by atoms with Crippen LogP contribution in [0.15, 0.2) is 22.5 Å². The zero-order chi connectivity index (χ0) is 18.4. The summed E-state index contributed by atoms with van der Waals surface area (Å²) >= 11 is 9.08. The van der Waals surface area contributed by atoms with E-state index in [4.69, 9.17) is 33.3 Å². The molecule has 0 aromatic carbocycles. The number of alkyl halides is 1. The number of hydrogen-bond acceptors (Lipinski definition) is 6. The van der Waals surface area contributed by atoms with Crippen molar-refractivity contribution in [3.8, 4) is 0 Å². The van der Waals surface area contributed by atoms with Crippen LogP contribution in [-0.2, 0) is 9.47 Å². The first-order valence-corrected chi connectivity index (χ1v) is 8.97. The minimum atomic E-state index is -1.16. The second-order valence-corrected chi connectivity index (χ2v) is 5.99. The second-order valence-electron chi connectivity index (χ2n) is 4.40. The van der Waals surface area contributed by atoms with E-state index in [9.17, 15) is 0 Å². The topological polar surface area (TPSA) is 111 Å². The van der Waals surface area contributed by atoms with E-state index in [0.717, 1.165) is 11.5 Å². The van der Waals surface area contributed by atoms with Crippen molar-refractivity contribution < 1.29 is 19.7 Å². The van der Waals surface area contributed by atoms with Gasteiger partial charge in [-0.3, -0.25) is 0 Å². The fraction of sp³-hybridized carbons (Fsp3) is 0.733. The number of rotatable bonds is 0. The summed E-state index contributed by atoms with van der Waals surface area (Å²) in [5, 5.41) is 17.9. The largest absolute Gasteiger partial charge is 0.399 e. The third-order valence-corrected chi connectivity index (χ3v) is 3.34.